The molecule has 0 saturated carbocycles. The van der Waals surface area contributed by atoms with Gasteiger partial charge >= 0.3 is 0 Å². The van der Waals surface area contributed by atoms with Gasteiger partial charge in [-0.2, -0.15) is 0 Å². The first kappa shape index (κ1) is 15.1. The summed E-state index contributed by atoms with van der Waals surface area (Å²) in [5, 5.41) is 0. The molecule has 104 valence electrons. The third kappa shape index (κ3) is 3.07. The van der Waals surface area contributed by atoms with Crippen molar-refractivity contribution in [1.82, 2.24) is 0 Å². The van der Waals surface area contributed by atoms with Crippen molar-refractivity contribution in [3.05, 3.63) is 62.0 Å². The molecule has 20 heavy (non-hydrogen) atoms. The van der Waals surface area contributed by atoms with Gasteiger partial charge in [-0.15, -0.1) is 0 Å². The van der Waals surface area contributed by atoms with Crippen LogP contribution in [-0.2, 0) is 0 Å². The Labute approximate surface area is 131 Å². The second kappa shape index (κ2) is 6.01. The van der Waals surface area contributed by atoms with Crippen LogP contribution in [0.4, 0.5) is 8.78 Å². The van der Waals surface area contributed by atoms with Crippen LogP contribution in [-0.4, -0.2) is 12.9 Å². The van der Waals surface area contributed by atoms with E-state index in [-0.39, 0.29) is 11.3 Å². The molecule has 0 atom stereocenters. The molecule has 2 nitrogen and oxygen atoms in total. The average Bonchev–Trinajstić information content (AvgIpc) is 2.36. The Morgan fingerprint density at radius 2 is 1.50 bits per heavy atom. The molecule has 0 saturated heterocycles. The number of rotatable bonds is 3. The number of ether oxygens (including phenoxy) is 1. The highest BCUT2D eigenvalue weighted by Gasteiger charge is 2.21. The quantitative estimate of drug-likeness (QED) is 0.690. The SMILES string of the molecule is COc1cc(F)c(C(=O)c2cc(Br)cc(Br)c2)c(F)c1. The van der Waals surface area contributed by atoms with Crippen molar-refractivity contribution in [2.45, 2.75) is 0 Å². The summed E-state index contributed by atoms with van der Waals surface area (Å²) < 4.78 is 33.7. The minimum Gasteiger partial charge on any atom is -0.497 e. The zero-order chi connectivity index (χ0) is 14.9. The lowest BCUT2D eigenvalue weighted by Gasteiger charge is -2.08. The van der Waals surface area contributed by atoms with Gasteiger partial charge in [0.05, 0.1) is 12.7 Å². The predicted octanol–water partition coefficient (Wildman–Crippen LogP) is 4.73. The number of halogens is 4. The standard InChI is InChI=1S/C14H8Br2F2O2/c1-20-10-5-11(17)13(12(18)6-10)14(19)7-2-8(15)4-9(16)3-7/h2-6H,1H3. The van der Waals surface area contributed by atoms with Crippen molar-refractivity contribution in [2.75, 3.05) is 7.11 Å². The van der Waals surface area contributed by atoms with Crippen molar-refractivity contribution in [3.8, 4) is 5.75 Å². The van der Waals surface area contributed by atoms with Crippen molar-refractivity contribution in [1.29, 1.82) is 0 Å². The summed E-state index contributed by atoms with van der Waals surface area (Å²) in [4.78, 5) is 12.2. The van der Waals surface area contributed by atoms with Crippen LogP contribution in [0.5, 0.6) is 5.75 Å². The minimum absolute atomic E-state index is 0.0203. The number of hydrogen-bond donors (Lipinski definition) is 0. The van der Waals surface area contributed by atoms with Gasteiger partial charge in [-0.1, -0.05) is 31.9 Å². The van der Waals surface area contributed by atoms with Gasteiger partial charge in [0.15, 0.2) is 5.78 Å². The molecule has 0 unspecified atom stereocenters. The van der Waals surface area contributed by atoms with Gasteiger partial charge in [-0.25, -0.2) is 8.78 Å². The lowest BCUT2D eigenvalue weighted by atomic mass is 10.0. The molecule has 0 spiro atoms. The Hall–Kier alpha value is -1.27. The van der Waals surface area contributed by atoms with E-state index in [1.165, 1.54) is 19.2 Å². The second-order valence-electron chi connectivity index (χ2n) is 3.95. The van der Waals surface area contributed by atoms with E-state index < -0.39 is 23.0 Å². The number of benzene rings is 2. The largest absolute Gasteiger partial charge is 0.497 e. The molecule has 0 N–H and O–H groups in total. The zero-order valence-corrected chi connectivity index (χ0v) is 13.4. The molecule has 2 rings (SSSR count). The second-order valence-corrected chi connectivity index (χ2v) is 5.78. The van der Waals surface area contributed by atoms with Crippen molar-refractivity contribution in [3.63, 3.8) is 0 Å². The van der Waals surface area contributed by atoms with E-state index in [4.69, 9.17) is 4.74 Å². The maximum atomic E-state index is 13.9. The van der Waals surface area contributed by atoms with Crippen molar-refractivity contribution >= 4 is 37.6 Å². The highest BCUT2D eigenvalue weighted by molar-refractivity contribution is 9.11. The lowest BCUT2D eigenvalue weighted by molar-refractivity contribution is 0.103. The fraction of sp³-hybridized carbons (Fsp3) is 0.0714. The summed E-state index contributed by atoms with van der Waals surface area (Å²) in [6.45, 7) is 0. The fourth-order valence-corrected chi connectivity index (χ4v) is 3.01. The van der Waals surface area contributed by atoms with E-state index in [1.54, 1.807) is 6.07 Å². The third-order valence-electron chi connectivity index (χ3n) is 2.60. The van der Waals surface area contributed by atoms with E-state index in [0.717, 1.165) is 12.1 Å². The molecular weight excluding hydrogens is 398 g/mol. The number of carbonyl (C=O) groups excluding carboxylic acids is 1. The first-order valence-corrected chi connectivity index (χ1v) is 7.05. The van der Waals surface area contributed by atoms with Gasteiger partial charge in [0.2, 0.25) is 0 Å². The third-order valence-corrected chi connectivity index (χ3v) is 3.52. The first-order chi connectivity index (χ1) is 9.42. The van der Waals surface area contributed by atoms with Crippen LogP contribution in [0, 0.1) is 11.6 Å². The van der Waals surface area contributed by atoms with Crippen LogP contribution in [0.15, 0.2) is 39.3 Å². The Morgan fingerprint density at radius 3 is 1.95 bits per heavy atom. The van der Waals surface area contributed by atoms with Crippen LogP contribution >= 0.6 is 31.9 Å². The molecule has 0 bridgehead atoms. The molecule has 0 aromatic heterocycles. The Morgan fingerprint density at radius 1 is 1.00 bits per heavy atom. The summed E-state index contributed by atoms with van der Waals surface area (Å²) in [6, 6.07) is 6.66. The molecule has 0 radical (unpaired) electrons. The Balaban J connectivity index is 2.53. The Bertz CT molecular complexity index is 644. The van der Waals surface area contributed by atoms with Gasteiger partial charge in [0.25, 0.3) is 0 Å². The molecule has 6 heteroatoms. The average molecular weight is 406 g/mol. The van der Waals surface area contributed by atoms with E-state index >= 15 is 0 Å². The number of ketones is 1. The summed E-state index contributed by atoms with van der Waals surface area (Å²) in [5.74, 6) is -2.62. The molecule has 0 amide bonds. The molecular formula is C14H8Br2F2O2. The Kier molecular flexibility index (Phi) is 4.55. The van der Waals surface area contributed by atoms with Crippen LogP contribution < -0.4 is 4.74 Å². The maximum absolute atomic E-state index is 13.9. The van der Waals surface area contributed by atoms with Crippen molar-refractivity contribution < 1.29 is 18.3 Å². The number of hydrogen-bond acceptors (Lipinski definition) is 2. The summed E-state index contributed by atoms with van der Waals surface area (Å²) in [7, 11) is 1.29. The molecule has 0 fully saturated rings. The van der Waals surface area contributed by atoms with E-state index in [1.807, 2.05) is 0 Å². The predicted molar refractivity (Wildman–Crippen MR) is 78.2 cm³/mol. The van der Waals surface area contributed by atoms with Crippen LogP contribution in [0.3, 0.4) is 0 Å². The lowest BCUT2D eigenvalue weighted by Crippen LogP contribution is -2.08. The molecule has 0 heterocycles. The molecule has 0 aliphatic carbocycles. The van der Waals surface area contributed by atoms with Gasteiger partial charge in [0, 0.05) is 26.6 Å². The monoisotopic (exact) mass is 404 g/mol. The first-order valence-electron chi connectivity index (χ1n) is 5.46. The normalized spacial score (nSPS) is 10.4. The topological polar surface area (TPSA) is 26.3 Å². The maximum Gasteiger partial charge on any atom is 0.199 e. The molecule has 2 aromatic rings. The molecule has 0 aliphatic heterocycles. The van der Waals surface area contributed by atoms with E-state index in [2.05, 4.69) is 31.9 Å². The number of carbonyl (C=O) groups is 1. The molecule has 0 aliphatic rings. The smallest absolute Gasteiger partial charge is 0.199 e. The van der Waals surface area contributed by atoms with Gasteiger partial charge < -0.3 is 4.74 Å². The highest BCUT2D eigenvalue weighted by atomic mass is 79.9. The van der Waals surface area contributed by atoms with Gasteiger partial charge in [-0.05, 0) is 18.2 Å². The van der Waals surface area contributed by atoms with Crippen molar-refractivity contribution in [2.24, 2.45) is 0 Å². The summed E-state index contributed by atoms with van der Waals surface area (Å²) in [5.41, 5.74) is -0.426. The zero-order valence-electron chi connectivity index (χ0n) is 10.2. The summed E-state index contributed by atoms with van der Waals surface area (Å²) in [6.07, 6.45) is 0. The van der Waals surface area contributed by atoms with E-state index in [0.29, 0.717) is 8.95 Å². The molecule has 2 aromatic carbocycles. The fourth-order valence-electron chi connectivity index (χ4n) is 1.71. The van der Waals surface area contributed by atoms with Crippen LogP contribution in [0.25, 0.3) is 0 Å². The van der Waals surface area contributed by atoms with Crippen LogP contribution in [0.1, 0.15) is 15.9 Å². The van der Waals surface area contributed by atoms with Gasteiger partial charge in [-0.3, -0.25) is 4.79 Å². The van der Waals surface area contributed by atoms with E-state index in [9.17, 15) is 13.6 Å². The minimum atomic E-state index is -0.956. The number of methoxy groups -OCH3 is 1. The highest BCUT2D eigenvalue weighted by Crippen LogP contribution is 2.26. The summed E-state index contributed by atoms with van der Waals surface area (Å²) >= 11 is 6.45. The van der Waals surface area contributed by atoms with Gasteiger partial charge in [0.1, 0.15) is 17.4 Å². The van der Waals surface area contributed by atoms with Crippen LogP contribution in [0.2, 0.25) is 0 Å².